The molecule has 0 saturated carbocycles. The quantitative estimate of drug-likeness (QED) is 0.645. The zero-order chi connectivity index (χ0) is 7.56. The number of methoxy groups -OCH3 is 1. The van der Waals surface area contributed by atoms with Gasteiger partial charge in [0.25, 0.3) is 0 Å². The number of carbonyl (C=O) groups excluding carboxylic acids is 1. The van der Waals surface area contributed by atoms with Crippen LogP contribution in [0.5, 0.6) is 5.88 Å². The number of nitrogens with zero attached hydrogens (tertiary/aromatic N) is 1. The van der Waals surface area contributed by atoms with Gasteiger partial charge in [0.15, 0.2) is 6.29 Å². The minimum Gasteiger partial charge on any atom is -0.479 e. The fraction of sp³-hybridized carbons (Fsp3) is 0.200. The van der Waals surface area contributed by atoms with Crippen LogP contribution in [-0.4, -0.2) is 17.8 Å². The molecule has 0 aromatic carbocycles. The molecule has 5 heteroatoms. The second-order valence-corrected chi connectivity index (χ2v) is 2.67. The van der Waals surface area contributed by atoms with Crippen LogP contribution in [0.1, 0.15) is 9.67 Å². The molecule has 0 saturated heterocycles. The van der Waals surface area contributed by atoms with E-state index in [1.807, 2.05) is 0 Å². The van der Waals surface area contributed by atoms with Gasteiger partial charge in [0, 0.05) is 0 Å². The molecule has 0 aliphatic heterocycles. The molecule has 0 radical (unpaired) electrons. The fourth-order valence-electron chi connectivity index (χ4n) is 0.476. The van der Waals surface area contributed by atoms with Gasteiger partial charge in [-0.15, -0.1) is 0 Å². The van der Waals surface area contributed by atoms with E-state index >= 15 is 0 Å². The minimum atomic E-state index is 0.294. The Kier molecular flexibility index (Phi) is 2.24. The molecule has 0 fully saturated rings. The third-order valence-electron chi connectivity index (χ3n) is 0.931. The van der Waals surface area contributed by atoms with Crippen LogP contribution in [0.15, 0.2) is 0 Å². The molecule has 0 atom stereocenters. The summed E-state index contributed by atoms with van der Waals surface area (Å²) in [6.45, 7) is 0. The highest BCUT2D eigenvalue weighted by molar-refractivity contribution is 7.08. The predicted molar refractivity (Wildman–Crippen MR) is 39.1 cm³/mol. The van der Waals surface area contributed by atoms with E-state index in [1.165, 1.54) is 7.11 Å². The van der Waals surface area contributed by atoms with Crippen molar-refractivity contribution in [3.8, 4) is 5.88 Å². The van der Waals surface area contributed by atoms with Crippen molar-refractivity contribution < 1.29 is 9.53 Å². The van der Waals surface area contributed by atoms with Gasteiger partial charge in [0.05, 0.1) is 7.11 Å². The Morgan fingerprint density at radius 3 is 2.80 bits per heavy atom. The highest BCUT2D eigenvalue weighted by Crippen LogP contribution is 2.28. The van der Waals surface area contributed by atoms with Gasteiger partial charge in [-0.2, -0.15) is 4.37 Å². The molecule has 0 amide bonds. The van der Waals surface area contributed by atoms with E-state index < -0.39 is 0 Å². The van der Waals surface area contributed by atoms with E-state index in [-0.39, 0.29) is 0 Å². The summed E-state index contributed by atoms with van der Waals surface area (Å²) in [4.78, 5) is 10.6. The number of rotatable bonds is 2. The standard InChI is InChI=1S/C5H4ClNO2S/c1-9-5-4(6)3(2-8)10-7-5/h2H,1H3. The fourth-order valence-corrected chi connectivity index (χ4v) is 1.35. The summed E-state index contributed by atoms with van der Waals surface area (Å²) in [5, 5.41) is 0.294. The average Bonchev–Trinajstić information content (AvgIpc) is 2.30. The van der Waals surface area contributed by atoms with Gasteiger partial charge >= 0.3 is 0 Å². The van der Waals surface area contributed by atoms with Gasteiger partial charge < -0.3 is 4.74 Å². The lowest BCUT2D eigenvalue weighted by atomic mass is 10.5. The van der Waals surface area contributed by atoms with Crippen molar-refractivity contribution in [1.29, 1.82) is 0 Å². The Hall–Kier alpha value is -0.610. The SMILES string of the molecule is COc1nsc(C=O)c1Cl. The second-order valence-electron chi connectivity index (χ2n) is 1.49. The highest BCUT2D eigenvalue weighted by Gasteiger charge is 2.09. The Bertz CT molecular complexity index is 248. The third kappa shape index (κ3) is 1.12. The zero-order valence-electron chi connectivity index (χ0n) is 5.13. The second kappa shape index (κ2) is 2.98. The Labute approximate surface area is 66.7 Å². The first kappa shape index (κ1) is 7.50. The Balaban J connectivity index is 3.08. The van der Waals surface area contributed by atoms with E-state index in [9.17, 15) is 4.79 Å². The van der Waals surface area contributed by atoms with Gasteiger partial charge in [-0.25, -0.2) is 0 Å². The van der Waals surface area contributed by atoms with Gasteiger partial charge in [-0.1, -0.05) is 11.6 Å². The summed E-state index contributed by atoms with van der Waals surface area (Å²) in [5.41, 5.74) is 0. The first-order valence-electron chi connectivity index (χ1n) is 2.44. The van der Waals surface area contributed by atoms with Crippen molar-refractivity contribution >= 4 is 29.4 Å². The van der Waals surface area contributed by atoms with Crippen LogP contribution in [0.2, 0.25) is 5.02 Å². The predicted octanol–water partition coefficient (Wildman–Crippen LogP) is 1.62. The lowest BCUT2D eigenvalue weighted by Crippen LogP contribution is -1.81. The molecule has 0 aliphatic rings. The molecule has 0 aliphatic carbocycles. The van der Waals surface area contributed by atoms with Crippen molar-refractivity contribution in [3.05, 3.63) is 9.90 Å². The topological polar surface area (TPSA) is 39.2 Å². The normalized spacial score (nSPS) is 9.40. The molecule has 1 aromatic rings. The van der Waals surface area contributed by atoms with Crippen LogP contribution in [0, 0.1) is 0 Å². The van der Waals surface area contributed by atoms with E-state index in [4.69, 9.17) is 16.3 Å². The zero-order valence-corrected chi connectivity index (χ0v) is 6.70. The molecule has 1 rings (SSSR count). The number of ether oxygens (including phenoxy) is 1. The summed E-state index contributed by atoms with van der Waals surface area (Å²) in [6, 6.07) is 0. The number of hydrogen-bond acceptors (Lipinski definition) is 4. The van der Waals surface area contributed by atoms with Crippen LogP contribution in [0.3, 0.4) is 0 Å². The van der Waals surface area contributed by atoms with Crippen LogP contribution in [-0.2, 0) is 0 Å². The van der Waals surface area contributed by atoms with Crippen molar-refractivity contribution in [2.45, 2.75) is 0 Å². The van der Waals surface area contributed by atoms with Crippen molar-refractivity contribution in [1.82, 2.24) is 4.37 Å². The summed E-state index contributed by atoms with van der Waals surface area (Å²) >= 11 is 6.64. The van der Waals surface area contributed by atoms with E-state index in [1.54, 1.807) is 0 Å². The van der Waals surface area contributed by atoms with Crippen LogP contribution in [0.4, 0.5) is 0 Å². The molecule has 1 aromatic heterocycles. The summed E-state index contributed by atoms with van der Waals surface area (Å²) < 4.78 is 8.50. The largest absolute Gasteiger partial charge is 0.479 e. The third-order valence-corrected chi connectivity index (χ3v) is 2.16. The van der Waals surface area contributed by atoms with Crippen LogP contribution in [0.25, 0.3) is 0 Å². The first-order chi connectivity index (χ1) is 4.79. The van der Waals surface area contributed by atoms with Crippen LogP contribution >= 0.6 is 23.1 Å². The van der Waals surface area contributed by atoms with Crippen LogP contribution < -0.4 is 4.74 Å². The first-order valence-corrected chi connectivity index (χ1v) is 3.59. The van der Waals surface area contributed by atoms with Crippen molar-refractivity contribution in [2.75, 3.05) is 7.11 Å². The number of aldehydes is 1. The Morgan fingerprint density at radius 2 is 2.50 bits per heavy atom. The number of carbonyl (C=O) groups is 1. The molecule has 3 nitrogen and oxygen atoms in total. The summed E-state index contributed by atoms with van der Waals surface area (Å²) in [7, 11) is 1.45. The van der Waals surface area contributed by atoms with Gasteiger partial charge in [-0.3, -0.25) is 4.79 Å². The molecule has 0 unspecified atom stereocenters. The van der Waals surface area contributed by atoms with Gasteiger partial charge in [0.1, 0.15) is 9.90 Å². The molecular formula is C5H4ClNO2S. The lowest BCUT2D eigenvalue weighted by Gasteiger charge is -1.90. The number of hydrogen-bond donors (Lipinski definition) is 0. The molecule has 54 valence electrons. The maximum absolute atomic E-state index is 10.2. The molecule has 0 N–H and O–H groups in total. The molecular weight excluding hydrogens is 174 g/mol. The average molecular weight is 178 g/mol. The summed E-state index contributed by atoms with van der Waals surface area (Å²) in [6.07, 6.45) is 0.655. The highest BCUT2D eigenvalue weighted by atomic mass is 35.5. The van der Waals surface area contributed by atoms with E-state index in [2.05, 4.69) is 4.37 Å². The molecule has 10 heavy (non-hydrogen) atoms. The van der Waals surface area contributed by atoms with Gasteiger partial charge in [0.2, 0.25) is 5.88 Å². The van der Waals surface area contributed by atoms with E-state index in [0.717, 1.165) is 11.5 Å². The molecule has 0 bridgehead atoms. The lowest BCUT2D eigenvalue weighted by molar-refractivity contribution is 0.112. The number of halogens is 1. The monoisotopic (exact) mass is 177 g/mol. The minimum absolute atomic E-state index is 0.294. The number of aromatic nitrogens is 1. The molecule has 1 heterocycles. The van der Waals surface area contributed by atoms with Crippen molar-refractivity contribution in [2.24, 2.45) is 0 Å². The molecule has 0 spiro atoms. The smallest absolute Gasteiger partial charge is 0.244 e. The van der Waals surface area contributed by atoms with Crippen molar-refractivity contribution in [3.63, 3.8) is 0 Å². The van der Waals surface area contributed by atoms with Gasteiger partial charge in [-0.05, 0) is 11.5 Å². The summed E-state index contributed by atoms with van der Waals surface area (Å²) in [5.74, 6) is 0.314. The Morgan fingerprint density at radius 1 is 1.80 bits per heavy atom. The maximum atomic E-state index is 10.2. The maximum Gasteiger partial charge on any atom is 0.244 e. The van der Waals surface area contributed by atoms with E-state index in [0.29, 0.717) is 22.1 Å².